The van der Waals surface area contributed by atoms with Crippen LogP contribution >= 0.6 is 15.9 Å². The smallest absolute Gasteiger partial charge is 0.282 e. The van der Waals surface area contributed by atoms with Crippen LogP contribution in [0.5, 0.6) is 0 Å². The van der Waals surface area contributed by atoms with E-state index in [0.29, 0.717) is 12.8 Å². The molecule has 4 heteroatoms. The third kappa shape index (κ3) is 2.43. The van der Waals surface area contributed by atoms with E-state index in [1.807, 2.05) is 20.8 Å². The molecule has 0 aliphatic rings. The number of halogens is 1. The second-order valence-electron chi connectivity index (χ2n) is 3.37. The predicted octanol–water partition coefficient (Wildman–Crippen LogP) is 1.60. The van der Waals surface area contributed by atoms with Gasteiger partial charge in [0.2, 0.25) is 0 Å². The van der Waals surface area contributed by atoms with E-state index in [0.717, 1.165) is 6.42 Å². The maximum absolute atomic E-state index is 9.31. The van der Waals surface area contributed by atoms with Crippen molar-refractivity contribution in [3.8, 4) is 0 Å². The second kappa shape index (κ2) is 4.73. The van der Waals surface area contributed by atoms with Crippen LogP contribution in [0.2, 0.25) is 0 Å². The van der Waals surface area contributed by atoms with Crippen LogP contribution in [0, 0.1) is 5.41 Å². The van der Waals surface area contributed by atoms with Gasteiger partial charge in [0.1, 0.15) is 0 Å². The standard InChI is InChI=1S/C9H19BrO3/c1-4-7(10)8(5-2,6-3)9(11,12)13/h7,11-13H,4-6H2,1-3H3. The molecule has 0 bridgehead atoms. The van der Waals surface area contributed by atoms with Crippen LogP contribution in [-0.2, 0) is 0 Å². The lowest BCUT2D eigenvalue weighted by Gasteiger charge is -2.42. The first-order valence-corrected chi connectivity index (χ1v) is 5.58. The fourth-order valence-corrected chi connectivity index (χ4v) is 2.72. The third-order valence-electron chi connectivity index (χ3n) is 2.89. The normalized spacial score (nSPS) is 15.9. The van der Waals surface area contributed by atoms with Gasteiger partial charge in [-0.15, -0.1) is 0 Å². The van der Waals surface area contributed by atoms with Gasteiger partial charge < -0.3 is 15.3 Å². The van der Waals surface area contributed by atoms with E-state index in [4.69, 9.17) is 0 Å². The SMILES string of the molecule is CCC(Br)C(CC)(CC)C(O)(O)O. The van der Waals surface area contributed by atoms with Crippen molar-refractivity contribution in [2.24, 2.45) is 5.41 Å². The molecule has 0 heterocycles. The van der Waals surface area contributed by atoms with Crippen molar-refractivity contribution in [3.63, 3.8) is 0 Å². The Bertz CT molecular complexity index is 149. The summed E-state index contributed by atoms with van der Waals surface area (Å²) in [6.45, 7) is 5.61. The highest BCUT2D eigenvalue weighted by Crippen LogP contribution is 2.43. The van der Waals surface area contributed by atoms with E-state index in [9.17, 15) is 15.3 Å². The molecule has 0 aliphatic carbocycles. The Balaban J connectivity index is 4.91. The zero-order valence-corrected chi connectivity index (χ0v) is 10.0. The van der Waals surface area contributed by atoms with E-state index in [-0.39, 0.29) is 4.83 Å². The molecule has 0 rings (SSSR count). The van der Waals surface area contributed by atoms with E-state index in [1.54, 1.807) is 0 Å². The van der Waals surface area contributed by atoms with Crippen LogP contribution < -0.4 is 0 Å². The average Bonchev–Trinajstić information content (AvgIpc) is 2.04. The molecule has 0 saturated carbocycles. The van der Waals surface area contributed by atoms with Crippen LogP contribution in [0.3, 0.4) is 0 Å². The van der Waals surface area contributed by atoms with Crippen molar-refractivity contribution in [1.82, 2.24) is 0 Å². The maximum Gasteiger partial charge on any atom is 0.282 e. The number of hydrogen-bond acceptors (Lipinski definition) is 3. The molecule has 0 saturated heterocycles. The summed E-state index contributed by atoms with van der Waals surface area (Å²) in [6.07, 6.45) is 1.76. The third-order valence-corrected chi connectivity index (χ3v) is 4.41. The summed E-state index contributed by atoms with van der Waals surface area (Å²) in [5, 5.41) is 27.9. The highest BCUT2D eigenvalue weighted by Gasteiger charge is 2.50. The van der Waals surface area contributed by atoms with Gasteiger partial charge in [0, 0.05) is 4.83 Å². The largest absolute Gasteiger partial charge is 0.343 e. The summed E-state index contributed by atoms with van der Waals surface area (Å²) < 4.78 is 0. The van der Waals surface area contributed by atoms with Gasteiger partial charge >= 0.3 is 0 Å². The minimum Gasteiger partial charge on any atom is -0.343 e. The molecule has 0 aromatic carbocycles. The molecule has 13 heavy (non-hydrogen) atoms. The Kier molecular flexibility index (Phi) is 4.86. The van der Waals surface area contributed by atoms with Crippen LogP contribution in [0.15, 0.2) is 0 Å². The number of aliphatic hydroxyl groups is 3. The number of alkyl halides is 1. The summed E-state index contributed by atoms with van der Waals surface area (Å²) in [5.41, 5.74) is -0.887. The molecule has 1 unspecified atom stereocenters. The summed E-state index contributed by atoms with van der Waals surface area (Å²) >= 11 is 3.38. The Morgan fingerprint density at radius 1 is 1.08 bits per heavy atom. The van der Waals surface area contributed by atoms with E-state index in [2.05, 4.69) is 15.9 Å². The van der Waals surface area contributed by atoms with Crippen molar-refractivity contribution in [2.45, 2.75) is 50.8 Å². The molecule has 0 amide bonds. The van der Waals surface area contributed by atoms with Crippen molar-refractivity contribution in [1.29, 1.82) is 0 Å². The zero-order chi connectivity index (χ0) is 10.7. The summed E-state index contributed by atoms with van der Waals surface area (Å²) in [4.78, 5) is -0.102. The maximum atomic E-state index is 9.31. The average molecular weight is 255 g/mol. The van der Waals surface area contributed by atoms with Crippen LogP contribution in [0.1, 0.15) is 40.0 Å². The van der Waals surface area contributed by atoms with Crippen molar-refractivity contribution in [3.05, 3.63) is 0 Å². The quantitative estimate of drug-likeness (QED) is 0.516. The monoisotopic (exact) mass is 254 g/mol. The minimum absolute atomic E-state index is 0.102. The highest BCUT2D eigenvalue weighted by atomic mass is 79.9. The highest BCUT2D eigenvalue weighted by molar-refractivity contribution is 9.09. The van der Waals surface area contributed by atoms with Gasteiger partial charge in [-0.25, -0.2) is 0 Å². The van der Waals surface area contributed by atoms with E-state index >= 15 is 0 Å². The predicted molar refractivity (Wildman–Crippen MR) is 55.4 cm³/mol. The van der Waals surface area contributed by atoms with Gasteiger partial charge in [-0.1, -0.05) is 36.7 Å². The van der Waals surface area contributed by atoms with Crippen LogP contribution in [-0.4, -0.2) is 26.1 Å². The minimum atomic E-state index is -2.61. The molecular weight excluding hydrogens is 236 g/mol. The van der Waals surface area contributed by atoms with Gasteiger partial charge in [0.25, 0.3) is 5.97 Å². The van der Waals surface area contributed by atoms with Crippen molar-refractivity contribution >= 4 is 15.9 Å². The Morgan fingerprint density at radius 2 is 1.46 bits per heavy atom. The topological polar surface area (TPSA) is 60.7 Å². The molecule has 0 aromatic heterocycles. The first-order chi connectivity index (χ1) is 5.85. The molecule has 0 aromatic rings. The zero-order valence-electron chi connectivity index (χ0n) is 8.42. The Morgan fingerprint density at radius 3 is 1.54 bits per heavy atom. The molecule has 0 fully saturated rings. The number of hydrogen-bond donors (Lipinski definition) is 3. The first kappa shape index (κ1) is 13.4. The summed E-state index contributed by atoms with van der Waals surface area (Å²) in [6, 6.07) is 0. The van der Waals surface area contributed by atoms with Gasteiger partial charge in [0.15, 0.2) is 0 Å². The van der Waals surface area contributed by atoms with E-state index < -0.39 is 11.4 Å². The van der Waals surface area contributed by atoms with Crippen LogP contribution in [0.4, 0.5) is 0 Å². The first-order valence-electron chi connectivity index (χ1n) is 4.66. The molecule has 3 N–H and O–H groups in total. The summed E-state index contributed by atoms with van der Waals surface area (Å²) in [5.74, 6) is -2.61. The van der Waals surface area contributed by atoms with Crippen molar-refractivity contribution < 1.29 is 15.3 Å². The van der Waals surface area contributed by atoms with Gasteiger partial charge in [0.05, 0.1) is 5.41 Å². The number of rotatable bonds is 5. The molecule has 0 spiro atoms. The fourth-order valence-electron chi connectivity index (χ4n) is 1.77. The molecule has 80 valence electrons. The molecule has 0 aliphatic heterocycles. The van der Waals surface area contributed by atoms with Gasteiger partial charge in [-0.05, 0) is 19.3 Å². The molecule has 1 atom stereocenters. The van der Waals surface area contributed by atoms with Gasteiger partial charge in [-0.2, -0.15) is 0 Å². The Hall–Kier alpha value is 0.360. The van der Waals surface area contributed by atoms with E-state index in [1.165, 1.54) is 0 Å². The Labute approximate surface area is 87.9 Å². The molecule has 0 radical (unpaired) electrons. The van der Waals surface area contributed by atoms with Gasteiger partial charge in [-0.3, -0.25) is 0 Å². The lowest BCUT2D eigenvalue weighted by atomic mass is 9.76. The molecule has 3 nitrogen and oxygen atoms in total. The van der Waals surface area contributed by atoms with Crippen molar-refractivity contribution in [2.75, 3.05) is 0 Å². The summed E-state index contributed by atoms with van der Waals surface area (Å²) in [7, 11) is 0. The lowest BCUT2D eigenvalue weighted by Crippen LogP contribution is -2.52. The van der Waals surface area contributed by atoms with Crippen LogP contribution in [0.25, 0.3) is 0 Å². The lowest BCUT2D eigenvalue weighted by molar-refractivity contribution is -0.376. The fraction of sp³-hybridized carbons (Fsp3) is 1.00. The molecular formula is C9H19BrO3. The second-order valence-corrected chi connectivity index (χ2v) is 4.48.